The largest absolute Gasteiger partial charge is 0.497 e. The molecule has 1 aromatic heterocycles. The zero-order valence-electron chi connectivity index (χ0n) is 16.3. The highest BCUT2D eigenvalue weighted by molar-refractivity contribution is 5.60. The molecule has 1 unspecified atom stereocenters. The second-order valence-corrected chi connectivity index (χ2v) is 6.24. The van der Waals surface area contributed by atoms with Gasteiger partial charge in [0.1, 0.15) is 29.4 Å². The molecular formula is C21H19FN4O4. The Labute approximate surface area is 172 Å². The van der Waals surface area contributed by atoms with Crippen LogP contribution >= 0.6 is 0 Å². The monoisotopic (exact) mass is 410 g/mol. The third-order valence-electron chi connectivity index (χ3n) is 4.17. The molecule has 4 rings (SSSR count). The molecule has 2 aromatic carbocycles. The molecule has 0 saturated carbocycles. The van der Waals surface area contributed by atoms with Gasteiger partial charge in [-0.05, 0) is 18.2 Å². The second kappa shape index (κ2) is 8.56. The minimum atomic E-state index is -0.730. The van der Waals surface area contributed by atoms with Crippen LogP contribution in [-0.4, -0.2) is 24.2 Å². The summed E-state index contributed by atoms with van der Waals surface area (Å²) in [6.07, 6.45) is 2.28. The summed E-state index contributed by atoms with van der Waals surface area (Å²) in [5, 5.41) is 6.11. The van der Waals surface area contributed by atoms with Crippen LogP contribution in [0.1, 0.15) is 11.9 Å². The second-order valence-electron chi connectivity index (χ2n) is 6.24. The zero-order chi connectivity index (χ0) is 20.9. The summed E-state index contributed by atoms with van der Waals surface area (Å²) < 4.78 is 35.1. The van der Waals surface area contributed by atoms with Gasteiger partial charge in [0.25, 0.3) is 6.29 Å². The summed E-state index contributed by atoms with van der Waals surface area (Å²) in [7, 11) is 3.15. The maximum Gasteiger partial charge on any atom is 0.268 e. The number of anilines is 3. The average molecular weight is 410 g/mol. The zero-order valence-corrected chi connectivity index (χ0v) is 16.3. The fourth-order valence-corrected chi connectivity index (χ4v) is 2.78. The normalized spacial score (nSPS) is 14.9. The molecule has 8 nitrogen and oxygen atoms in total. The highest BCUT2D eigenvalue weighted by Crippen LogP contribution is 2.30. The predicted octanol–water partition coefficient (Wildman–Crippen LogP) is 4.33. The van der Waals surface area contributed by atoms with Gasteiger partial charge in [0.05, 0.1) is 14.2 Å². The Morgan fingerprint density at radius 1 is 1.00 bits per heavy atom. The summed E-state index contributed by atoms with van der Waals surface area (Å²) in [6, 6.07) is 13.1. The lowest BCUT2D eigenvalue weighted by Crippen LogP contribution is -2.06. The Balaban J connectivity index is 1.43. The molecule has 0 bridgehead atoms. The number of halogens is 1. The van der Waals surface area contributed by atoms with Crippen LogP contribution in [0.25, 0.3) is 0 Å². The Kier molecular flexibility index (Phi) is 5.51. The van der Waals surface area contributed by atoms with Crippen molar-refractivity contribution >= 4 is 17.5 Å². The molecule has 154 valence electrons. The third-order valence-corrected chi connectivity index (χ3v) is 4.17. The quantitative estimate of drug-likeness (QED) is 0.595. The van der Waals surface area contributed by atoms with E-state index in [2.05, 4.69) is 20.6 Å². The van der Waals surface area contributed by atoms with Gasteiger partial charge in [-0.15, -0.1) is 0 Å². The number of nitrogens with zero attached hydrogens (tertiary/aromatic N) is 2. The highest BCUT2D eigenvalue weighted by Gasteiger charge is 2.22. The molecule has 0 radical (unpaired) electrons. The van der Waals surface area contributed by atoms with Crippen LogP contribution < -0.4 is 20.1 Å². The number of hydrogen-bond acceptors (Lipinski definition) is 8. The number of rotatable bonds is 7. The standard InChI is InChI=1S/C21H19FN4O4/c1-27-16-9-15(10-17(11-16)28-2)24-21-23-7-6-18(26-21)25-19-12-29-20(30-19)13-4-3-5-14(22)8-13/h3-12,20H,1-2H3,(H2,23,24,25,26). The van der Waals surface area contributed by atoms with E-state index in [0.29, 0.717) is 40.4 Å². The Morgan fingerprint density at radius 3 is 2.53 bits per heavy atom. The van der Waals surface area contributed by atoms with E-state index < -0.39 is 6.29 Å². The van der Waals surface area contributed by atoms with Gasteiger partial charge >= 0.3 is 0 Å². The summed E-state index contributed by atoms with van der Waals surface area (Å²) in [6.45, 7) is 0. The van der Waals surface area contributed by atoms with Gasteiger partial charge in [-0.1, -0.05) is 12.1 Å². The van der Waals surface area contributed by atoms with Crippen molar-refractivity contribution in [2.45, 2.75) is 6.29 Å². The maximum atomic E-state index is 13.4. The third kappa shape index (κ3) is 4.52. The van der Waals surface area contributed by atoms with Crippen LogP contribution in [0.3, 0.4) is 0 Å². The van der Waals surface area contributed by atoms with Gasteiger partial charge < -0.3 is 29.6 Å². The molecule has 0 aliphatic carbocycles. The van der Waals surface area contributed by atoms with Gasteiger partial charge in [0, 0.05) is 35.6 Å². The van der Waals surface area contributed by atoms with Crippen molar-refractivity contribution in [3.8, 4) is 11.5 Å². The number of nitrogens with one attached hydrogen (secondary N) is 2. The molecule has 1 atom stereocenters. The molecule has 2 N–H and O–H groups in total. The van der Waals surface area contributed by atoms with Crippen molar-refractivity contribution in [1.29, 1.82) is 0 Å². The molecule has 0 fully saturated rings. The lowest BCUT2D eigenvalue weighted by Gasteiger charge is -2.13. The predicted molar refractivity (Wildman–Crippen MR) is 108 cm³/mol. The van der Waals surface area contributed by atoms with Crippen LogP contribution in [-0.2, 0) is 9.47 Å². The molecule has 0 saturated heterocycles. The van der Waals surface area contributed by atoms with Crippen molar-refractivity contribution in [3.63, 3.8) is 0 Å². The minimum absolute atomic E-state index is 0.344. The molecule has 1 aliphatic heterocycles. The Hall–Kier alpha value is -4.01. The molecule has 0 spiro atoms. The van der Waals surface area contributed by atoms with E-state index in [0.717, 1.165) is 0 Å². The number of methoxy groups -OCH3 is 2. The van der Waals surface area contributed by atoms with E-state index in [-0.39, 0.29) is 5.82 Å². The molecule has 0 amide bonds. The van der Waals surface area contributed by atoms with Crippen LogP contribution in [0.5, 0.6) is 11.5 Å². The first kappa shape index (κ1) is 19.3. The highest BCUT2D eigenvalue weighted by atomic mass is 19.1. The Bertz CT molecular complexity index is 1050. The maximum absolute atomic E-state index is 13.4. The number of hydrogen-bond donors (Lipinski definition) is 2. The van der Waals surface area contributed by atoms with Gasteiger partial charge in [-0.2, -0.15) is 4.98 Å². The number of benzene rings is 2. The van der Waals surface area contributed by atoms with E-state index in [1.807, 2.05) is 0 Å². The summed E-state index contributed by atoms with van der Waals surface area (Å²) in [4.78, 5) is 8.62. The van der Waals surface area contributed by atoms with E-state index in [9.17, 15) is 4.39 Å². The minimum Gasteiger partial charge on any atom is -0.497 e. The molecule has 30 heavy (non-hydrogen) atoms. The fourth-order valence-electron chi connectivity index (χ4n) is 2.78. The van der Waals surface area contributed by atoms with Gasteiger partial charge in [0.15, 0.2) is 0 Å². The van der Waals surface area contributed by atoms with Gasteiger partial charge in [0.2, 0.25) is 11.8 Å². The lowest BCUT2D eigenvalue weighted by molar-refractivity contribution is -0.0325. The molecule has 1 aliphatic rings. The first-order chi connectivity index (χ1) is 14.6. The SMILES string of the molecule is COc1cc(Nc2nccc(NC3=COC(c4cccc(F)c4)O3)n2)cc(OC)c1. The summed E-state index contributed by atoms with van der Waals surface area (Å²) >= 11 is 0. The average Bonchev–Trinajstić information content (AvgIpc) is 3.22. The van der Waals surface area contributed by atoms with Gasteiger partial charge in [-0.3, -0.25) is 0 Å². The number of aromatic nitrogens is 2. The summed E-state index contributed by atoms with van der Waals surface area (Å²) in [5.41, 5.74) is 1.27. The van der Waals surface area contributed by atoms with Crippen molar-refractivity contribution in [2.75, 3.05) is 24.9 Å². The summed E-state index contributed by atoms with van der Waals surface area (Å²) in [5.74, 6) is 2.10. The van der Waals surface area contributed by atoms with E-state index in [1.54, 1.807) is 56.8 Å². The van der Waals surface area contributed by atoms with Crippen LogP contribution in [0.2, 0.25) is 0 Å². The topological polar surface area (TPSA) is 86.8 Å². The molecule has 2 heterocycles. The smallest absolute Gasteiger partial charge is 0.268 e. The number of ether oxygens (including phenoxy) is 4. The first-order valence-corrected chi connectivity index (χ1v) is 9.01. The fraction of sp³-hybridized carbons (Fsp3) is 0.143. The lowest BCUT2D eigenvalue weighted by atomic mass is 10.2. The van der Waals surface area contributed by atoms with Crippen LogP contribution in [0, 0.1) is 5.82 Å². The van der Waals surface area contributed by atoms with Crippen molar-refractivity contribution in [1.82, 2.24) is 9.97 Å². The molecular weight excluding hydrogens is 391 g/mol. The molecule has 9 heteroatoms. The van der Waals surface area contributed by atoms with Crippen molar-refractivity contribution in [2.24, 2.45) is 0 Å². The van der Waals surface area contributed by atoms with Crippen molar-refractivity contribution in [3.05, 3.63) is 78.3 Å². The van der Waals surface area contributed by atoms with Crippen molar-refractivity contribution < 1.29 is 23.3 Å². The van der Waals surface area contributed by atoms with Crippen LogP contribution in [0.15, 0.2) is 66.9 Å². The van der Waals surface area contributed by atoms with Gasteiger partial charge in [-0.25, -0.2) is 9.37 Å². The van der Waals surface area contributed by atoms with E-state index >= 15 is 0 Å². The molecule has 3 aromatic rings. The van der Waals surface area contributed by atoms with Crippen LogP contribution in [0.4, 0.5) is 21.8 Å². The van der Waals surface area contributed by atoms with E-state index in [1.165, 1.54) is 18.4 Å². The van der Waals surface area contributed by atoms with E-state index in [4.69, 9.17) is 18.9 Å². The Morgan fingerprint density at radius 2 is 1.80 bits per heavy atom. The first-order valence-electron chi connectivity index (χ1n) is 9.01.